The number of carbonyl (C=O) groups is 1. The van der Waals surface area contributed by atoms with Crippen LogP contribution in [0.2, 0.25) is 0 Å². The van der Waals surface area contributed by atoms with Gasteiger partial charge in [-0.2, -0.15) is 0 Å². The summed E-state index contributed by atoms with van der Waals surface area (Å²) in [5.74, 6) is 0.858. The van der Waals surface area contributed by atoms with E-state index in [0.29, 0.717) is 6.42 Å². The lowest BCUT2D eigenvalue weighted by Crippen LogP contribution is -2.10. The summed E-state index contributed by atoms with van der Waals surface area (Å²) in [5.41, 5.74) is 0. The molecule has 84 valence electrons. The molecule has 0 aromatic rings. The minimum atomic E-state index is -0.411. The van der Waals surface area contributed by atoms with Gasteiger partial charge in [0.15, 0.2) is 0 Å². The van der Waals surface area contributed by atoms with Crippen molar-refractivity contribution in [2.75, 3.05) is 0 Å². The highest BCUT2D eigenvalue weighted by molar-refractivity contribution is 5.75. The van der Waals surface area contributed by atoms with Crippen molar-refractivity contribution in [3.63, 3.8) is 0 Å². The Hall–Kier alpha value is -0.370. The van der Waals surface area contributed by atoms with Crippen molar-refractivity contribution in [3.8, 4) is 0 Å². The zero-order valence-electron chi connectivity index (χ0n) is 9.75. The molecule has 2 nitrogen and oxygen atoms in total. The summed E-state index contributed by atoms with van der Waals surface area (Å²) in [6, 6.07) is 0. The Morgan fingerprint density at radius 3 is 2.21 bits per heavy atom. The van der Waals surface area contributed by atoms with Gasteiger partial charge in [-0.05, 0) is 19.3 Å². The van der Waals surface area contributed by atoms with Crippen LogP contribution in [-0.4, -0.2) is 17.0 Å². The molecule has 0 saturated carbocycles. The lowest BCUT2D eigenvalue weighted by molar-refractivity contribution is -0.118. The number of aliphatic hydroxyl groups excluding tert-OH is 1. The third-order valence-corrected chi connectivity index (χ3v) is 2.34. The molecule has 0 rings (SSSR count). The number of Topliss-reactive ketones (excluding diaryl/α,β-unsaturated/α-hetero) is 1. The van der Waals surface area contributed by atoms with Gasteiger partial charge < -0.3 is 5.11 Å². The van der Waals surface area contributed by atoms with Crippen molar-refractivity contribution >= 4 is 5.78 Å². The highest BCUT2D eigenvalue weighted by Crippen LogP contribution is 2.11. The molecule has 0 radical (unpaired) electrons. The van der Waals surface area contributed by atoms with Gasteiger partial charge in [-0.3, -0.25) is 4.79 Å². The number of ketones is 1. The van der Waals surface area contributed by atoms with Gasteiger partial charge in [0.25, 0.3) is 0 Å². The predicted molar refractivity (Wildman–Crippen MR) is 59.2 cm³/mol. The molecular formula is C12H24O2. The maximum atomic E-state index is 10.7. The van der Waals surface area contributed by atoms with E-state index in [0.717, 1.165) is 18.8 Å². The van der Waals surface area contributed by atoms with E-state index in [9.17, 15) is 9.90 Å². The molecule has 1 N–H and O–H groups in total. The van der Waals surface area contributed by atoms with Crippen molar-refractivity contribution in [2.45, 2.75) is 65.4 Å². The third-order valence-electron chi connectivity index (χ3n) is 2.34. The molecule has 0 fully saturated rings. The zero-order valence-corrected chi connectivity index (χ0v) is 9.75. The minimum Gasteiger partial charge on any atom is -0.393 e. The summed E-state index contributed by atoms with van der Waals surface area (Å²) in [4.78, 5) is 10.7. The number of rotatable bonds is 8. The van der Waals surface area contributed by atoms with E-state index in [1.165, 1.54) is 26.2 Å². The first-order chi connectivity index (χ1) is 6.52. The third kappa shape index (κ3) is 9.72. The van der Waals surface area contributed by atoms with Crippen LogP contribution in [-0.2, 0) is 4.79 Å². The van der Waals surface area contributed by atoms with Crippen LogP contribution in [0.3, 0.4) is 0 Å². The smallest absolute Gasteiger partial charge is 0.132 e. The van der Waals surface area contributed by atoms with Crippen LogP contribution in [0.15, 0.2) is 0 Å². The summed E-state index contributed by atoms with van der Waals surface area (Å²) in [6.45, 7) is 5.98. The molecule has 0 aliphatic rings. The Kier molecular flexibility index (Phi) is 7.77. The van der Waals surface area contributed by atoms with Crippen LogP contribution in [0.25, 0.3) is 0 Å². The van der Waals surface area contributed by atoms with E-state index in [1.807, 2.05) is 0 Å². The van der Waals surface area contributed by atoms with Gasteiger partial charge in [0.05, 0.1) is 6.10 Å². The number of aliphatic hydroxyl groups is 1. The largest absolute Gasteiger partial charge is 0.393 e. The zero-order chi connectivity index (χ0) is 11.0. The molecular weight excluding hydrogens is 176 g/mol. The van der Waals surface area contributed by atoms with Gasteiger partial charge in [-0.15, -0.1) is 0 Å². The lowest BCUT2D eigenvalue weighted by Gasteiger charge is -2.08. The molecule has 1 atom stereocenters. The summed E-state index contributed by atoms with van der Waals surface area (Å²) >= 11 is 0. The molecule has 2 heteroatoms. The van der Waals surface area contributed by atoms with Crippen LogP contribution in [0.5, 0.6) is 0 Å². The predicted octanol–water partition coefficient (Wildman–Crippen LogP) is 2.93. The first-order valence-electron chi connectivity index (χ1n) is 5.70. The fourth-order valence-corrected chi connectivity index (χ4v) is 1.54. The first-order valence-corrected chi connectivity index (χ1v) is 5.70. The van der Waals surface area contributed by atoms with Gasteiger partial charge >= 0.3 is 0 Å². The molecule has 0 unspecified atom stereocenters. The molecule has 0 aliphatic carbocycles. The standard InChI is InChI=1S/C12H24O2/c1-10(2)7-5-4-6-8-12(14)9-11(3)13/h10,12,14H,4-9H2,1-3H3/t12-/m1/s1. The second-order valence-corrected chi connectivity index (χ2v) is 4.59. The monoisotopic (exact) mass is 200 g/mol. The summed E-state index contributed by atoms with van der Waals surface area (Å²) in [7, 11) is 0. The number of hydrogen-bond donors (Lipinski definition) is 1. The fraction of sp³-hybridized carbons (Fsp3) is 0.917. The quantitative estimate of drug-likeness (QED) is 0.612. The van der Waals surface area contributed by atoms with Gasteiger partial charge in [-0.1, -0.05) is 39.5 Å². The Morgan fingerprint density at radius 2 is 1.71 bits per heavy atom. The number of carbonyl (C=O) groups excluding carboxylic acids is 1. The van der Waals surface area contributed by atoms with E-state index < -0.39 is 6.10 Å². The van der Waals surface area contributed by atoms with Gasteiger partial charge in [0.1, 0.15) is 5.78 Å². The van der Waals surface area contributed by atoms with Crippen molar-refractivity contribution in [3.05, 3.63) is 0 Å². The highest BCUT2D eigenvalue weighted by atomic mass is 16.3. The number of unbranched alkanes of at least 4 members (excludes halogenated alkanes) is 2. The first kappa shape index (κ1) is 13.6. The Balaban J connectivity index is 3.23. The minimum absolute atomic E-state index is 0.0830. The SMILES string of the molecule is CC(=O)C[C@H](O)CCCCCC(C)C. The van der Waals surface area contributed by atoms with Crippen molar-refractivity contribution in [2.24, 2.45) is 5.92 Å². The lowest BCUT2D eigenvalue weighted by atomic mass is 10.0. The van der Waals surface area contributed by atoms with E-state index >= 15 is 0 Å². The second kappa shape index (κ2) is 7.98. The van der Waals surface area contributed by atoms with Crippen LogP contribution >= 0.6 is 0 Å². The topological polar surface area (TPSA) is 37.3 Å². The van der Waals surface area contributed by atoms with Gasteiger partial charge in [0, 0.05) is 6.42 Å². The Bertz CT molecular complexity index is 152. The normalized spacial score (nSPS) is 13.2. The van der Waals surface area contributed by atoms with Crippen molar-refractivity contribution in [1.82, 2.24) is 0 Å². The highest BCUT2D eigenvalue weighted by Gasteiger charge is 2.06. The van der Waals surface area contributed by atoms with E-state index in [1.54, 1.807) is 0 Å². The molecule has 0 bridgehead atoms. The van der Waals surface area contributed by atoms with Crippen LogP contribution in [0.4, 0.5) is 0 Å². The Morgan fingerprint density at radius 1 is 1.14 bits per heavy atom. The molecule has 0 amide bonds. The van der Waals surface area contributed by atoms with Crippen molar-refractivity contribution < 1.29 is 9.90 Å². The molecule has 0 saturated heterocycles. The summed E-state index contributed by atoms with van der Waals surface area (Å²) < 4.78 is 0. The molecule has 0 aliphatic heterocycles. The van der Waals surface area contributed by atoms with Crippen molar-refractivity contribution in [1.29, 1.82) is 0 Å². The molecule has 0 heterocycles. The molecule has 0 aromatic carbocycles. The molecule has 0 spiro atoms. The number of hydrogen-bond acceptors (Lipinski definition) is 2. The van der Waals surface area contributed by atoms with Crippen LogP contribution in [0, 0.1) is 5.92 Å². The van der Waals surface area contributed by atoms with E-state index in [4.69, 9.17) is 0 Å². The maximum absolute atomic E-state index is 10.7. The fourth-order valence-electron chi connectivity index (χ4n) is 1.54. The van der Waals surface area contributed by atoms with Crippen LogP contribution < -0.4 is 0 Å². The van der Waals surface area contributed by atoms with Gasteiger partial charge in [-0.25, -0.2) is 0 Å². The average Bonchev–Trinajstić information content (AvgIpc) is 2.01. The maximum Gasteiger partial charge on any atom is 0.132 e. The van der Waals surface area contributed by atoms with Gasteiger partial charge in [0.2, 0.25) is 0 Å². The Labute approximate surface area is 87.7 Å². The van der Waals surface area contributed by atoms with E-state index in [-0.39, 0.29) is 5.78 Å². The summed E-state index contributed by atoms with van der Waals surface area (Å²) in [6.07, 6.45) is 5.41. The van der Waals surface area contributed by atoms with E-state index in [2.05, 4.69) is 13.8 Å². The van der Waals surface area contributed by atoms with Crippen LogP contribution in [0.1, 0.15) is 59.3 Å². The average molecular weight is 200 g/mol. The molecule has 0 aromatic heterocycles. The molecule has 14 heavy (non-hydrogen) atoms. The summed E-state index contributed by atoms with van der Waals surface area (Å²) in [5, 5.41) is 9.41. The second-order valence-electron chi connectivity index (χ2n) is 4.59.